The van der Waals surface area contributed by atoms with Crippen molar-refractivity contribution in [1.82, 2.24) is 9.62 Å². The van der Waals surface area contributed by atoms with Gasteiger partial charge in [-0.3, -0.25) is 4.90 Å². The molecule has 1 atom stereocenters. The number of hydrogen-bond acceptors (Lipinski definition) is 4. The first-order valence-electron chi connectivity index (χ1n) is 9.55. The molecule has 2 aromatic carbocycles. The molecular weight excluding hydrogens is 424 g/mol. The lowest BCUT2D eigenvalue weighted by molar-refractivity contribution is 0.180. The number of halogens is 1. The van der Waals surface area contributed by atoms with Gasteiger partial charge in [-0.1, -0.05) is 48.0 Å². The van der Waals surface area contributed by atoms with Crippen LogP contribution in [0.2, 0.25) is 5.02 Å². The van der Waals surface area contributed by atoms with Gasteiger partial charge in [0.15, 0.2) is 0 Å². The molecule has 29 heavy (non-hydrogen) atoms. The third-order valence-corrected chi connectivity index (χ3v) is 7.53. The van der Waals surface area contributed by atoms with Crippen molar-refractivity contribution in [2.45, 2.75) is 24.8 Å². The van der Waals surface area contributed by atoms with Gasteiger partial charge in [-0.05, 0) is 57.6 Å². The highest BCUT2D eigenvalue weighted by Crippen LogP contribution is 2.29. The maximum absolute atomic E-state index is 12.7. The van der Waals surface area contributed by atoms with Gasteiger partial charge in [0.05, 0.1) is 5.75 Å². The lowest BCUT2D eigenvalue weighted by Crippen LogP contribution is -2.40. The highest BCUT2D eigenvalue weighted by atomic mass is 35.5. The van der Waals surface area contributed by atoms with Crippen LogP contribution in [0.5, 0.6) is 0 Å². The summed E-state index contributed by atoms with van der Waals surface area (Å²) in [6, 6.07) is 17.6. The summed E-state index contributed by atoms with van der Waals surface area (Å²) in [5, 5.41) is 4.69. The van der Waals surface area contributed by atoms with Crippen molar-refractivity contribution in [1.29, 1.82) is 0 Å². The van der Waals surface area contributed by atoms with Gasteiger partial charge < -0.3 is 0 Å². The minimum Gasteiger partial charge on any atom is -0.290 e. The average molecular weight is 447 g/mol. The van der Waals surface area contributed by atoms with Crippen LogP contribution in [-0.2, 0) is 28.7 Å². The fraction of sp³-hybridized carbons (Fsp3) is 0.273. The van der Waals surface area contributed by atoms with Crippen molar-refractivity contribution in [2.75, 3.05) is 13.1 Å². The molecule has 0 aliphatic carbocycles. The molecule has 2 heterocycles. The highest BCUT2D eigenvalue weighted by Gasteiger charge is 2.26. The Kier molecular flexibility index (Phi) is 6.37. The summed E-state index contributed by atoms with van der Waals surface area (Å²) in [5.41, 5.74) is 4.54. The third kappa shape index (κ3) is 5.27. The molecule has 152 valence electrons. The Hall–Kier alpha value is -1.70. The SMILES string of the molecule is O=S(=O)(Cc1cccc(Cl)c1)NCC(c1ccsc1)N1CCc2ccccc2C1. The second-order valence-electron chi connectivity index (χ2n) is 7.30. The van der Waals surface area contributed by atoms with E-state index < -0.39 is 10.0 Å². The van der Waals surface area contributed by atoms with Crippen LogP contribution in [0.25, 0.3) is 0 Å². The summed E-state index contributed by atoms with van der Waals surface area (Å²) in [7, 11) is -3.47. The van der Waals surface area contributed by atoms with E-state index in [-0.39, 0.29) is 11.8 Å². The molecule has 0 saturated heterocycles. The first-order chi connectivity index (χ1) is 14.0. The van der Waals surface area contributed by atoms with Crippen LogP contribution in [0.3, 0.4) is 0 Å². The summed E-state index contributed by atoms with van der Waals surface area (Å²) in [5.74, 6) is -0.0766. The molecule has 0 amide bonds. The quantitative estimate of drug-likeness (QED) is 0.576. The predicted molar refractivity (Wildman–Crippen MR) is 120 cm³/mol. The Bertz CT molecular complexity index is 1070. The molecule has 1 aliphatic heterocycles. The fourth-order valence-corrected chi connectivity index (χ4v) is 5.86. The molecule has 1 unspecified atom stereocenters. The zero-order chi connectivity index (χ0) is 20.3. The van der Waals surface area contributed by atoms with Gasteiger partial charge in [0.1, 0.15) is 0 Å². The standard InChI is InChI=1S/C22H23ClN2O2S2/c23-21-7-3-4-17(12-21)16-29(26,27)24-13-22(20-9-11-28-15-20)25-10-8-18-5-1-2-6-19(18)14-25/h1-7,9,11-12,15,22,24H,8,10,13-14,16H2. The summed E-state index contributed by atoms with van der Waals surface area (Å²) in [4.78, 5) is 2.37. The van der Waals surface area contributed by atoms with Crippen LogP contribution in [0, 0.1) is 0 Å². The maximum Gasteiger partial charge on any atom is 0.215 e. The van der Waals surface area contributed by atoms with E-state index in [2.05, 4.69) is 45.3 Å². The smallest absolute Gasteiger partial charge is 0.215 e. The second kappa shape index (κ2) is 8.98. The Balaban J connectivity index is 1.48. The molecule has 0 saturated carbocycles. The normalized spacial score (nSPS) is 15.8. The van der Waals surface area contributed by atoms with Gasteiger partial charge in [-0.2, -0.15) is 11.3 Å². The zero-order valence-corrected chi connectivity index (χ0v) is 18.3. The van der Waals surface area contributed by atoms with Crippen LogP contribution in [0.1, 0.15) is 28.3 Å². The number of thiophene rings is 1. The summed E-state index contributed by atoms with van der Waals surface area (Å²) < 4.78 is 28.2. The topological polar surface area (TPSA) is 49.4 Å². The van der Waals surface area contributed by atoms with Crippen LogP contribution in [0.4, 0.5) is 0 Å². The molecule has 4 nitrogen and oxygen atoms in total. The van der Waals surface area contributed by atoms with Crippen LogP contribution in [0.15, 0.2) is 65.4 Å². The first-order valence-corrected chi connectivity index (χ1v) is 12.5. The summed E-state index contributed by atoms with van der Waals surface area (Å²) in [6.07, 6.45) is 0.978. The first kappa shape index (κ1) is 20.6. The van der Waals surface area contributed by atoms with Crippen molar-refractivity contribution < 1.29 is 8.42 Å². The maximum atomic E-state index is 12.7. The van der Waals surface area contributed by atoms with E-state index in [0.29, 0.717) is 17.1 Å². The van der Waals surface area contributed by atoms with E-state index in [1.165, 1.54) is 11.1 Å². The lowest BCUT2D eigenvalue weighted by atomic mass is 9.97. The Labute approximate surface area is 181 Å². The van der Waals surface area contributed by atoms with Crippen molar-refractivity contribution in [3.63, 3.8) is 0 Å². The Morgan fingerprint density at radius 2 is 1.93 bits per heavy atom. The molecule has 3 aromatic rings. The highest BCUT2D eigenvalue weighted by molar-refractivity contribution is 7.88. The fourth-order valence-electron chi connectivity index (χ4n) is 3.81. The van der Waals surface area contributed by atoms with Gasteiger partial charge in [-0.25, -0.2) is 13.1 Å². The van der Waals surface area contributed by atoms with E-state index in [1.807, 2.05) is 5.38 Å². The van der Waals surface area contributed by atoms with Gasteiger partial charge in [0.2, 0.25) is 10.0 Å². The van der Waals surface area contributed by atoms with Crippen LogP contribution < -0.4 is 4.72 Å². The molecule has 0 spiro atoms. The number of nitrogens with zero attached hydrogens (tertiary/aromatic N) is 1. The van der Waals surface area contributed by atoms with Crippen LogP contribution in [-0.4, -0.2) is 26.4 Å². The minimum absolute atomic E-state index is 0.00347. The van der Waals surface area contributed by atoms with Gasteiger partial charge >= 0.3 is 0 Å². The van der Waals surface area contributed by atoms with Gasteiger partial charge in [0, 0.05) is 30.7 Å². The van der Waals surface area contributed by atoms with E-state index >= 15 is 0 Å². The molecule has 0 fully saturated rings. The number of hydrogen-bond donors (Lipinski definition) is 1. The van der Waals surface area contributed by atoms with Crippen molar-refractivity contribution in [3.05, 3.63) is 92.6 Å². The average Bonchev–Trinajstić information content (AvgIpc) is 3.22. The zero-order valence-electron chi connectivity index (χ0n) is 15.9. The minimum atomic E-state index is -3.47. The summed E-state index contributed by atoms with van der Waals surface area (Å²) >= 11 is 7.63. The second-order valence-corrected chi connectivity index (χ2v) is 10.3. The Morgan fingerprint density at radius 1 is 1.10 bits per heavy atom. The number of nitrogens with one attached hydrogen (secondary N) is 1. The monoisotopic (exact) mass is 446 g/mol. The number of sulfonamides is 1. The number of rotatable bonds is 7. The van der Waals surface area contributed by atoms with Gasteiger partial charge in [-0.15, -0.1) is 0 Å². The molecule has 0 radical (unpaired) electrons. The van der Waals surface area contributed by atoms with E-state index in [9.17, 15) is 8.42 Å². The van der Waals surface area contributed by atoms with E-state index in [0.717, 1.165) is 25.1 Å². The number of fused-ring (bicyclic) bond motifs is 1. The molecule has 7 heteroatoms. The van der Waals surface area contributed by atoms with Crippen LogP contribution >= 0.6 is 22.9 Å². The molecule has 1 aliphatic rings. The van der Waals surface area contributed by atoms with E-state index in [4.69, 9.17) is 11.6 Å². The molecule has 1 aromatic heterocycles. The lowest BCUT2D eigenvalue weighted by Gasteiger charge is -2.35. The van der Waals surface area contributed by atoms with E-state index in [1.54, 1.807) is 35.6 Å². The largest absolute Gasteiger partial charge is 0.290 e. The van der Waals surface area contributed by atoms with Crippen molar-refractivity contribution in [2.24, 2.45) is 0 Å². The third-order valence-electron chi connectivity index (χ3n) is 5.27. The predicted octanol–water partition coefficient (Wildman–Crippen LogP) is 4.62. The summed E-state index contributed by atoms with van der Waals surface area (Å²) in [6.45, 7) is 2.09. The van der Waals surface area contributed by atoms with Crippen molar-refractivity contribution in [3.8, 4) is 0 Å². The molecule has 4 rings (SSSR count). The molecular formula is C22H23ClN2O2S2. The van der Waals surface area contributed by atoms with Crippen molar-refractivity contribution >= 4 is 33.0 Å². The number of benzene rings is 2. The molecule has 0 bridgehead atoms. The van der Waals surface area contributed by atoms with Gasteiger partial charge in [0.25, 0.3) is 0 Å². The molecule has 1 N–H and O–H groups in total. The Morgan fingerprint density at radius 3 is 2.69 bits per heavy atom.